The first-order valence-corrected chi connectivity index (χ1v) is 11.8. The fourth-order valence-electron chi connectivity index (χ4n) is 2.55. The summed E-state index contributed by atoms with van der Waals surface area (Å²) >= 11 is 0. The van der Waals surface area contributed by atoms with E-state index in [0.717, 1.165) is 4.31 Å². The van der Waals surface area contributed by atoms with Crippen molar-refractivity contribution in [3.8, 4) is 0 Å². The smallest absolute Gasteiger partial charge is 0.408 e. The highest BCUT2D eigenvalue weighted by Gasteiger charge is 2.23. The summed E-state index contributed by atoms with van der Waals surface area (Å²) in [5, 5.41) is 8.94. The summed E-state index contributed by atoms with van der Waals surface area (Å²) in [6, 6.07) is 5.19. The fraction of sp³-hybridized carbons (Fsp3) is 0.571. The van der Waals surface area contributed by atoms with Gasteiger partial charge < -0.3 is 25.9 Å². The molecular weight excluding hydrogens is 450 g/mol. The fourth-order valence-corrected chi connectivity index (χ4v) is 3.49. The Balaban J connectivity index is 2.75. The Labute approximate surface area is 195 Å². The van der Waals surface area contributed by atoms with Crippen molar-refractivity contribution in [2.24, 2.45) is 16.8 Å². The summed E-state index contributed by atoms with van der Waals surface area (Å²) in [6.07, 6.45) is -0.159. The zero-order valence-electron chi connectivity index (χ0n) is 20.2. The zero-order valence-corrected chi connectivity index (χ0v) is 21.0. The van der Waals surface area contributed by atoms with Crippen LogP contribution in [0.4, 0.5) is 10.5 Å². The lowest BCUT2D eigenvalue weighted by molar-refractivity contribution is -0.120. The Hall–Kier alpha value is -2.86. The Kier molecular flexibility index (Phi) is 10.1. The van der Waals surface area contributed by atoms with Gasteiger partial charge in [0.05, 0.1) is 10.9 Å². The number of benzene rings is 1. The maximum atomic E-state index is 12.2. The van der Waals surface area contributed by atoms with Gasteiger partial charge in [-0.3, -0.25) is 4.79 Å². The standard InChI is InChI=1S/C21H35N5O6S/c1-14(2)11-17(24-20(28)32-21(3,4)5)19(22)25-31-13-18(27)23-15-9-8-10-16(12-15)33(29,30)26(6)7/h8-10,12,14,17H,11,13H2,1-7H3,(H2,22,25)(H,23,27)(H,24,28). The van der Waals surface area contributed by atoms with Gasteiger partial charge in [0.1, 0.15) is 5.60 Å². The number of nitrogens with one attached hydrogen (secondary N) is 2. The number of carbonyl (C=O) groups is 2. The average Bonchev–Trinajstić information content (AvgIpc) is 2.65. The number of amidine groups is 1. The largest absolute Gasteiger partial charge is 0.444 e. The molecule has 1 aromatic rings. The maximum Gasteiger partial charge on any atom is 0.408 e. The number of anilines is 1. The molecule has 0 saturated heterocycles. The lowest BCUT2D eigenvalue weighted by Gasteiger charge is -2.24. The normalized spacial score (nSPS) is 13.5. The highest BCUT2D eigenvalue weighted by atomic mass is 32.2. The number of oxime groups is 1. The van der Waals surface area contributed by atoms with Crippen LogP contribution in [0.2, 0.25) is 0 Å². The molecule has 0 saturated carbocycles. The second-order valence-corrected chi connectivity index (χ2v) is 11.1. The van der Waals surface area contributed by atoms with Crippen molar-refractivity contribution in [2.75, 3.05) is 26.0 Å². The van der Waals surface area contributed by atoms with Gasteiger partial charge in [0.2, 0.25) is 10.0 Å². The molecule has 1 rings (SSSR count). The minimum atomic E-state index is -3.64. The van der Waals surface area contributed by atoms with E-state index >= 15 is 0 Å². The van der Waals surface area contributed by atoms with Gasteiger partial charge in [-0.1, -0.05) is 25.1 Å². The van der Waals surface area contributed by atoms with E-state index in [0.29, 0.717) is 6.42 Å². The van der Waals surface area contributed by atoms with Gasteiger partial charge in [0, 0.05) is 19.8 Å². The molecule has 1 aromatic carbocycles. The number of rotatable bonds is 10. The minimum Gasteiger partial charge on any atom is -0.444 e. The van der Waals surface area contributed by atoms with Crippen molar-refractivity contribution in [1.82, 2.24) is 9.62 Å². The molecule has 0 heterocycles. The van der Waals surface area contributed by atoms with Crippen LogP contribution in [-0.2, 0) is 24.4 Å². The number of ether oxygens (including phenoxy) is 1. The van der Waals surface area contributed by atoms with Crippen LogP contribution in [-0.4, -0.2) is 62.9 Å². The second kappa shape index (κ2) is 11.8. The molecule has 186 valence electrons. The van der Waals surface area contributed by atoms with Crippen molar-refractivity contribution in [1.29, 1.82) is 0 Å². The first kappa shape index (κ1) is 28.2. The van der Waals surface area contributed by atoms with Gasteiger partial charge in [-0.2, -0.15) is 0 Å². The topological polar surface area (TPSA) is 152 Å². The average molecular weight is 486 g/mol. The van der Waals surface area contributed by atoms with E-state index < -0.39 is 40.3 Å². The number of nitrogens with zero attached hydrogens (tertiary/aromatic N) is 2. The molecule has 0 spiro atoms. The molecule has 0 fully saturated rings. The first-order chi connectivity index (χ1) is 15.1. The molecule has 0 radical (unpaired) electrons. The summed E-state index contributed by atoms with van der Waals surface area (Å²) in [5.41, 5.74) is 5.58. The van der Waals surface area contributed by atoms with Crippen LogP contribution in [0.1, 0.15) is 41.0 Å². The molecule has 2 amide bonds. The summed E-state index contributed by atoms with van der Waals surface area (Å²) < 4.78 is 30.8. The maximum absolute atomic E-state index is 12.2. The number of nitrogens with two attached hydrogens (primary N) is 1. The second-order valence-electron chi connectivity index (χ2n) is 8.98. The lowest BCUT2D eigenvalue weighted by atomic mass is 10.0. The van der Waals surface area contributed by atoms with Gasteiger partial charge >= 0.3 is 6.09 Å². The van der Waals surface area contributed by atoms with Crippen LogP contribution in [0.25, 0.3) is 0 Å². The van der Waals surface area contributed by atoms with Gasteiger partial charge in [0.25, 0.3) is 5.91 Å². The summed E-state index contributed by atoms with van der Waals surface area (Å²) in [5.74, 6) is -0.388. The number of sulfonamides is 1. The van der Waals surface area contributed by atoms with Gasteiger partial charge in [-0.05, 0) is 51.3 Å². The molecule has 11 nitrogen and oxygen atoms in total. The SMILES string of the molecule is CC(C)CC(NC(=O)OC(C)(C)C)/C(N)=N/OCC(=O)Nc1cccc(S(=O)(=O)N(C)C)c1. The highest BCUT2D eigenvalue weighted by molar-refractivity contribution is 7.89. The number of hydrogen-bond acceptors (Lipinski definition) is 7. The van der Waals surface area contributed by atoms with E-state index in [1.165, 1.54) is 32.3 Å². The highest BCUT2D eigenvalue weighted by Crippen LogP contribution is 2.18. The Morgan fingerprint density at radius 3 is 2.39 bits per heavy atom. The van der Waals surface area contributed by atoms with Crippen molar-refractivity contribution >= 4 is 33.5 Å². The number of carbonyl (C=O) groups excluding carboxylic acids is 2. The molecule has 0 bridgehead atoms. The minimum absolute atomic E-state index is 0.0126. The van der Waals surface area contributed by atoms with Crippen LogP contribution in [0, 0.1) is 5.92 Å². The molecule has 4 N–H and O–H groups in total. The quantitative estimate of drug-likeness (QED) is 0.261. The van der Waals surface area contributed by atoms with Crippen LogP contribution >= 0.6 is 0 Å². The third-order valence-electron chi connectivity index (χ3n) is 4.02. The third-order valence-corrected chi connectivity index (χ3v) is 5.83. The molecule has 0 aromatic heterocycles. The zero-order chi connectivity index (χ0) is 25.4. The third kappa shape index (κ3) is 10.1. The molecule has 0 aliphatic rings. The first-order valence-electron chi connectivity index (χ1n) is 10.4. The summed E-state index contributed by atoms with van der Waals surface area (Å²) in [7, 11) is -0.801. The van der Waals surface area contributed by atoms with Gasteiger partial charge in [-0.15, -0.1) is 0 Å². The number of hydrogen-bond donors (Lipinski definition) is 3. The van der Waals surface area contributed by atoms with Crippen molar-refractivity contribution in [2.45, 2.75) is 57.6 Å². The molecule has 12 heteroatoms. The Bertz CT molecular complexity index is 954. The van der Waals surface area contributed by atoms with Gasteiger partial charge in [-0.25, -0.2) is 17.5 Å². The number of alkyl carbamates (subject to hydrolysis) is 1. The van der Waals surface area contributed by atoms with E-state index in [1.807, 2.05) is 13.8 Å². The van der Waals surface area contributed by atoms with Crippen LogP contribution in [0.5, 0.6) is 0 Å². The molecular formula is C21H35N5O6S. The van der Waals surface area contributed by atoms with Crippen LogP contribution in [0.15, 0.2) is 34.3 Å². The lowest BCUT2D eigenvalue weighted by Crippen LogP contribution is -2.47. The monoisotopic (exact) mass is 485 g/mol. The van der Waals surface area contributed by atoms with Gasteiger partial charge in [0.15, 0.2) is 12.4 Å². The molecule has 1 unspecified atom stereocenters. The molecule has 0 aliphatic heterocycles. The summed E-state index contributed by atoms with van der Waals surface area (Å²) in [4.78, 5) is 29.3. The Morgan fingerprint density at radius 1 is 1.21 bits per heavy atom. The molecule has 1 atom stereocenters. The molecule has 0 aliphatic carbocycles. The predicted octanol–water partition coefficient (Wildman–Crippen LogP) is 2.10. The van der Waals surface area contributed by atoms with E-state index in [2.05, 4.69) is 15.8 Å². The van der Waals surface area contributed by atoms with E-state index in [1.54, 1.807) is 26.8 Å². The van der Waals surface area contributed by atoms with Crippen molar-refractivity contribution in [3.05, 3.63) is 24.3 Å². The molecule has 33 heavy (non-hydrogen) atoms. The number of amides is 2. The summed E-state index contributed by atoms with van der Waals surface area (Å²) in [6.45, 7) is 8.68. The van der Waals surface area contributed by atoms with Crippen LogP contribution in [0.3, 0.4) is 0 Å². The van der Waals surface area contributed by atoms with E-state index in [9.17, 15) is 18.0 Å². The van der Waals surface area contributed by atoms with Crippen molar-refractivity contribution < 1.29 is 27.6 Å². The van der Waals surface area contributed by atoms with Crippen LogP contribution < -0.4 is 16.4 Å². The predicted molar refractivity (Wildman–Crippen MR) is 126 cm³/mol. The van der Waals surface area contributed by atoms with E-state index in [4.69, 9.17) is 15.3 Å². The van der Waals surface area contributed by atoms with Crippen molar-refractivity contribution in [3.63, 3.8) is 0 Å². The Morgan fingerprint density at radius 2 is 1.85 bits per heavy atom. The van der Waals surface area contributed by atoms with E-state index in [-0.39, 0.29) is 22.3 Å².